The predicted octanol–water partition coefficient (Wildman–Crippen LogP) is 0.785. The van der Waals surface area contributed by atoms with Gasteiger partial charge in [0.2, 0.25) is 5.91 Å². The van der Waals surface area contributed by atoms with E-state index >= 15 is 0 Å². The number of carbonyl (C=O) groups excluding carboxylic acids is 1. The lowest BCUT2D eigenvalue weighted by Crippen LogP contribution is -2.51. The number of nitrogens with zero attached hydrogens (tertiary/aromatic N) is 1. The number of nitrogens with one attached hydrogen (secondary N) is 1. The van der Waals surface area contributed by atoms with Crippen molar-refractivity contribution in [2.45, 2.75) is 6.04 Å². The number of ether oxygens (including phenoxy) is 2. The Labute approximate surface area is 111 Å². The van der Waals surface area contributed by atoms with E-state index in [1.165, 1.54) is 24.1 Å². The lowest BCUT2D eigenvalue weighted by molar-refractivity contribution is -0.123. The molecule has 1 aliphatic heterocycles. The van der Waals surface area contributed by atoms with Crippen LogP contribution in [0.1, 0.15) is 0 Å². The maximum absolute atomic E-state index is 13.6. The fraction of sp³-hybridized carbons (Fsp3) is 0.462. The molecule has 6 heteroatoms. The van der Waals surface area contributed by atoms with Gasteiger partial charge in [-0.3, -0.25) is 4.79 Å². The van der Waals surface area contributed by atoms with Gasteiger partial charge in [0, 0.05) is 25.3 Å². The minimum absolute atomic E-state index is 0.149. The van der Waals surface area contributed by atoms with E-state index in [4.69, 9.17) is 9.47 Å². The Morgan fingerprint density at radius 3 is 2.95 bits per heavy atom. The highest BCUT2D eigenvalue weighted by atomic mass is 19.1. The summed E-state index contributed by atoms with van der Waals surface area (Å²) < 4.78 is 23.7. The number of halogens is 1. The molecule has 2 rings (SSSR count). The summed E-state index contributed by atoms with van der Waals surface area (Å²) >= 11 is 0. The number of amides is 1. The molecule has 1 aliphatic rings. The van der Waals surface area contributed by atoms with Gasteiger partial charge in [0.25, 0.3) is 0 Å². The predicted molar refractivity (Wildman–Crippen MR) is 69.0 cm³/mol. The highest BCUT2D eigenvalue weighted by Gasteiger charge is 2.25. The third kappa shape index (κ3) is 3.02. The maximum atomic E-state index is 13.6. The Balaban J connectivity index is 2.11. The van der Waals surface area contributed by atoms with Gasteiger partial charge in [0.1, 0.15) is 6.04 Å². The summed E-state index contributed by atoms with van der Waals surface area (Å²) in [5.41, 5.74) is 0.482. The molecule has 1 saturated heterocycles. The summed E-state index contributed by atoms with van der Waals surface area (Å²) in [5.74, 6) is -0.486. The second-order valence-corrected chi connectivity index (χ2v) is 4.30. The number of likely N-dealkylation sites (N-methyl/N-ethyl adjacent to an activating group) is 1. The summed E-state index contributed by atoms with van der Waals surface area (Å²) in [7, 11) is 3.01. The molecule has 5 nitrogen and oxygen atoms in total. The molecule has 19 heavy (non-hydrogen) atoms. The molecular weight excluding hydrogens is 251 g/mol. The number of methoxy groups -OCH3 is 1. The number of rotatable bonds is 3. The van der Waals surface area contributed by atoms with Gasteiger partial charge in [-0.05, 0) is 12.1 Å². The Hall–Kier alpha value is -1.66. The molecule has 1 heterocycles. The summed E-state index contributed by atoms with van der Waals surface area (Å²) in [5, 5.41) is 3.07. The van der Waals surface area contributed by atoms with E-state index in [0.29, 0.717) is 25.4 Å². The first-order chi connectivity index (χ1) is 9.13. The first kappa shape index (κ1) is 13.8. The molecule has 1 N–H and O–H groups in total. The molecule has 1 unspecified atom stereocenters. The van der Waals surface area contributed by atoms with Crippen molar-refractivity contribution in [1.82, 2.24) is 5.32 Å². The van der Waals surface area contributed by atoms with Crippen LogP contribution in [0.2, 0.25) is 0 Å². The number of morpholine rings is 1. The average molecular weight is 268 g/mol. The third-order valence-corrected chi connectivity index (χ3v) is 3.07. The zero-order valence-corrected chi connectivity index (χ0v) is 11.0. The van der Waals surface area contributed by atoms with Gasteiger partial charge in [-0.25, -0.2) is 4.39 Å². The van der Waals surface area contributed by atoms with Crippen LogP contribution in [0.25, 0.3) is 0 Å². The van der Waals surface area contributed by atoms with E-state index in [2.05, 4.69) is 5.32 Å². The monoisotopic (exact) mass is 268 g/mol. The summed E-state index contributed by atoms with van der Waals surface area (Å²) in [6.45, 7) is 1.58. The van der Waals surface area contributed by atoms with E-state index < -0.39 is 5.82 Å². The molecule has 1 aromatic carbocycles. The van der Waals surface area contributed by atoms with E-state index in [1.807, 2.05) is 0 Å². The molecule has 1 amide bonds. The Morgan fingerprint density at radius 1 is 1.58 bits per heavy atom. The number of anilines is 1. The fourth-order valence-electron chi connectivity index (χ4n) is 1.95. The highest BCUT2D eigenvalue weighted by Crippen LogP contribution is 2.23. The molecule has 1 fully saturated rings. The van der Waals surface area contributed by atoms with Gasteiger partial charge in [0.15, 0.2) is 11.6 Å². The van der Waals surface area contributed by atoms with E-state index in [-0.39, 0.29) is 17.7 Å². The van der Waals surface area contributed by atoms with E-state index in [9.17, 15) is 9.18 Å². The molecule has 0 aliphatic carbocycles. The molecule has 0 aromatic heterocycles. The quantitative estimate of drug-likeness (QED) is 0.880. The van der Waals surface area contributed by atoms with Gasteiger partial charge in [-0.2, -0.15) is 0 Å². The largest absolute Gasteiger partial charge is 0.494 e. The molecule has 104 valence electrons. The summed E-state index contributed by atoms with van der Waals surface area (Å²) in [6, 6.07) is 4.03. The van der Waals surface area contributed by atoms with Gasteiger partial charge >= 0.3 is 0 Å². The second-order valence-electron chi connectivity index (χ2n) is 4.30. The second kappa shape index (κ2) is 5.99. The van der Waals surface area contributed by atoms with Crippen LogP contribution >= 0.6 is 0 Å². The van der Waals surface area contributed by atoms with Gasteiger partial charge in [0.05, 0.1) is 20.3 Å². The lowest BCUT2D eigenvalue weighted by Gasteiger charge is -2.27. The van der Waals surface area contributed by atoms with Crippen molar-refractivity contribution in [1.29, 1.82) is 0 Å². The topological polar surface area (TPSA) is 50.8 Å². The van der Waals surface area contributed by atoms with Crippen LogP contribution in [0.15, 0.2) is 18.2 Å². The van der Waals surface area contributed by atoms with Crippen LogP contribution in [-0.4, -0.2) is 45.9 Å². The average Bonchev–Trinajstić information content (AvgIpc) is 2.46. The van der Waals surface area contributed by atoms with Crippen LogP contribution in [0.5, 0.6) is 5.75 Å². The third-order valence-electron chi connectivity index (χ3n) is 3.07. The lowest BCUT2D eigenvalue weighted by atomic mass is 10.2. The van der Waals surface area contributed by atoms with Crippen molar-refractivity contribution >= 4 is 11.6 Å². The van der Waals surface area contributed by atoms with Gasteiger partial charge < -0.3 is 19.7 Å². The zero-order chi connectivity index (χ0) is 13.8. The minimum atomic E-state index is -0.493. The molecule has 1 aromatic rings. The number of benzene rings is 1. The number of carbonyl (C=O) groups is 1. The van der Waals surface area contributed by atoms with Crippen LogP contribution in [-0.2, 0) is 9.53 Å². The molecule has 0 spiro atoms. The fourth-order valence-corrected chi connectivity index (χ4v) is 1.95. The molecular formula is C13H17FN2O3. The van der Waals surface area contributed by atoms with Crippen LogP contribution in [0.3, 0.4) is 0 Å². The van der Waals surface area contributed by atoms with Crippen LogP contribution < -0.4 is 15.0 Å². The first-order valence-electron chi connectivity index (χ1n) is 6.05. The normalized spacial score (nSPS) is 19.0. The zero-order valence-electron chi connectivity index (χ0n) is 11.0. The Morgan fingerprint density at radius 2 is 2.37 bits per heavy atom. The van der Waals surface area contributed by atoms with E-state index in [0.717, 1.165) is 0 Å². The van der Waals surface area contributed by atoms with Crippen LogP contribution in [0, 0.1) is 5.82 Å². The SMILES string of the molecule is COc1ccc(N(C)C(=O)C2COCCN2)cc1F. The maximum Gasteiger partial charge on any atom is 0.246 e. The summed E-state index contributed by atoms with van der Waals surface area (Å²) in [4.78, 5) is 13.6. The Kier molecular flexibility index (Phi) is 4.34. The molecule has 0 radical (unpaired) electrons. The molecule has 0 saturated carbocycles. The van der Waals surface area contributed by atoms with E-state index in [1.54, 1.807) is 13.1 Å². The minimum Gasteiger partial charge on any atom is -0.494 e. The van der Waals surface area contributed by atoms with Crippen molar-refractivity contribution in [3.63, 3.8) is 0 Å². The smallest absolute Gasteiger partial charge is 0.246 e. The molecule has 1 atom stereocenters. The van der Waals surface area contributed by atoms with Crippen molar-refractivity contribution in [3.05, 3.63) is 24.0 Å². The molecule has 0 bridgehead atoms. The first-order valence-corrected chi connectivity index (χ1v) is 6.05. The number of hydrogen-bond acceptors (Lipinski definition) is 4. The van der Waals surface area contributed by atoms with Crippen LogP contribution in [0.4, 0.5) is 10.1 Å². The van der Waals surface area contributed by atoms with Crippen molar-refractivity contribution < 1.29 is 18.7 Å². The summed E-state index contributed by atoms with van der Waals surface area (Å²) in [6.07, 6.45) is 0. The Bertz CT molecular complexity index is 461. The van der Waals surface area contributed by atoms with Crippen molar-refractivity contribution in [3.8, 4) is 5.75 Å². The van der Waals surface area contributed by atoms with Gasteiger partial charge in [-0.15, -0.1) is 0 Å². The van der Waals surface area contributed by atoms with Gasteiger partial charge in [-0.1, -0.05) is 0 Å². The highest BCUT2D eigenvalue weighted by molar-refractivity contribution is 5.96. The van der Waals surface area contributed by atoms with Crippen molar-refractivity contribution in [2.75, 3.05) is 38.8 Å². The van der Waals surface area contributed by atoms with Crippen molar-refractivity contribution in [2.24, 2.45) is 0 Å². The standard InChI is InChI=1S/C13H17FN2O3/c1-16(13(17)11-8-19-6-5-15-11)9-3-4-12(18-2)10(14)7-9/h3-4,7,11,15H,5-6,8H2,1-2H3. The number of hydrogen-bond donors (Lipinski definition) is 1.